The molecule has 1 aliphatic heterocycles. The maximum atomic E-state index is 12.9. The van der Waals surface area contributed by atoms with Crippen molar-refractivity contribution in [2.45, 2.75) is 6.04 Å². The van der Waals surface area contributed by atoms with E-state index in [1.165, 1.54) is 17.0 Å². The molecule has 1 aliphatic rings. The summed E-state index contributed by atoms with van der Waals surface area (Å²) in [6.45, 7) is 0. The highest BCUT2D eigenvalue weighted by molar-refractivity contribution is 6.17. The highest BCUT2D eigenvalue weighted by atomic mass is 16.5. The molecule has 0 spiro atoms. The summed E-state index contributed by atoms with van der Waals surface area (Å²) < 4.78 is 5.12. The van der Waals surface area contributed by atoms with E-state index in [9.17, 15) is 19.5 Å². The number of likely N-dealkylation sites (tertiary alicyclic amines) is 1. The number of carboxylic acid groups (broad SMARTS) is 1. The number of Topliss-reactive ketones (excluding diaryl/α,β-unsaturated/α-hetero) is 1. The summed E-state index contributed by atoms with van der Waals surface area (Å²) >= 11 is 0. The lowest BCUT2D eigenvalue weighted by Gasteiger charge is -2.44. The van der Waals surface area contributed by atoms with Crippen molar-refractivity contribution in [2.75, 3.05) is 14.2 Å². The smallest absolute Gasteiger partial charge is 0.336 e. The summed E-state index contributed by atoms with van der Waals surface area (Å²) in [6, 6.07) is 12.7. The molecular formula is C19H17NO5. The first-order valence-electron chi connectivity index (χ1n) is 7.73. The summed E-state index contributed by atoms with van der Waals surface area (Å²) in [5.41, 5.74) is 0.761. The van der Waals surface area contributed by atoms with Crippen LogP contribution < -0.4 is 4.74 Å². The van der Waals surface area contributed by atoms with Crippen LogP contribution >= 0.6 is 0 Å². The van der Waals surface area contributed by atoms with E-state index in [-0.39, 0.29) is 17.0 Å². The number of hydrogen-bond donors (Lipinski definition) is 1. The monoisotopic (exact) mass is 339 g/mol. The number of carbonyl (C=O) groups is 3. The molecule has 25 heavy (non-hydrogen) atoms. The number of rotatable bonds is 5. The number of ether oxygens (including phenoxy) is 1. The van der Waals surface area contributed by atoms with E-state index >= 15 is 0 Å². The van der Waals surface area contributed by atoms with Gasteiger partial charge in [0, 0.05) is 12.6 Å². The fourth-order valence-electron chi connectivity index (χ4n) is 3.16. The Bertz CT molecular complexity index is 843. The second-order valence-electron chi connectivity index (χ2n) is 5.86. The van der Waals surface area contributed by atoms with Gasteiger partial charge in [0.25, 0.3) is 0 Å². The Morgan fingerprint density at radius 3 is 2.20 bits per heavy atom. The van der Waals surface area contributed by atoms with Gasteiger partial charge in [-0.25, -0.2) is 4.79 Å². The summed E-state index contributed by atoms with van der Waals surface area (Å²) in [5, 5.41) is 9.28. The van der Waals surface area contributed by atoms with E-state index in [1.807, 2.05) is 0 Å². The number of carboxylic acids is 1. The zero-order valence-electron chi connectivity index (χ0n) is 13.8. The lowest BCUT2D eigenvalue weighted by molar-refractivity contribution is -0.150. The minimum atomic E-state index is -1.19. The standard InChI is InChI=1S/C19H17NO5/c1-20-16(11-7-9-12(25-2)10-8-11)15(18(20)22)17(21)13-5-3-4-6-14(13)19(23)24/h3-10,15-16H,1-2H3,(H,23,24)/t15-,16-/m0/s1. The van der Waals surface area contributed by atoms with Crippen molar-refractivity contribution in [3.63, 3.8) is 0 Å². The van der Waals surface area contributed by atoms with E-state index < -0.39 is 23.7 Å². The third-order valence-corrected chi connectivity index (χ3v) is 4.51. The molecule has 2 atom stereocenters. The number of benzene rings is 2. The van der Waals surface area contributed by atoms with Gasteiger partial charge < -0.3 is 14.7 Å². The van der Waals surface area contributed by atoms with Gasteiger partial charge in [0.05, 0.1) is 18.7 Å². The van der Waals surface area contributed by atoms with Gasteiger partial charge in [-0.3, -0.25) is 9.59 Å². The molecule has 0 aliphatic carbocycles. The number of amides is 1. The maximum Gasteiger partial charge on any atom is 0.336 e. The molecule has 2 aromatic rings. The van der Waals surface area contributed by atoms with Crippen LogP contribution in [0.15, 0.2) is 48.5 Å². The van der Waals surface area contributed by atoms with E-state index in [1.54, 1.807) is 50.6 Å². The van der Waals surface area contributed by atoms with Crippen LogP contribution in [-0.4, -0.2) is 41.8 Å². The van der Waals surface area contributed by atoms with E-state index in [0.717, 1.165) is 5.56 Å². The van der Waals surface area contributed by atoms with Crippen LogP contribution in [0, 0.1) is 5.92 Å². The van der Waals surface area contributed by atoms with E-state index in [0.29, 0.717) is 5.75 Å². The molecule has 1 N–H and O–H groups in total. The molecule has 1 heterocycles. The molecule has 1 saturated heterocycles. The first kappa shape index (κ1) is 16.7. The fourth-order valence-corrected chi connectivity index (χ4v) is 3.16. The van der Waals surface area contributed by atoms with Gasteiger partial charge in [0.15, 0.2) is 5.78 Å². The van der Waals surface area contributed by atoms with Crippen molar-refractivity contribution in [1.29, 1.82) is 0 Å². The van der Waals surface area contributed by atoms with Crippen molar-refractivity contribution < 1.29 is 24.2 Å². The highest BCUT2D eigenvalue weighted by Crippen LogP contribution is 2.41. The molecule has 6 nitrogen and oxygen atoms in total. The Labute approximate surface area is 144 Å². The molecule has 128 valence electrons. The first-order chi connectivity index (χ1) is 12.0. The van der Waals surface area contributed by atoms with Crippen molar-refractivity contribution in [2.24, 2.45) is 5.92 Å². The predicted octanol–water partition coefficient (Wildman–Crippen LogP) is 2.41. The van der Waals surface area contributed by atoms with Crippen LogP contribution in [0.5, 0.6) is 5.75 Å². The van der Waals surface area contributed by atoms with Crippen molar-refractivity contribution >= 4 is 17.7 Å². The Morgan fingerprint density at radius 1 is 1.04 bits per heavy atom. The van der Waals surface area contributed by atoms with E-state index in [2.05, 4.69) is 0 Å². The predicted molar refractivity (Wildman–Crippen MR) is 89.7 cm³/mol. The van der Waals surface area contributed by atoms with Gasteiger partial charge in [0.1, 0.15) is 11.7 Å². The summed E-state index contributed by atoms with van der Waals surface area (Å²) in [5.74, 6) is -2.21. The molecule has 3 rings (SSSR count). The van der Waals surface area contributed by atoms with Gasteiger partial charge in [0.2, 0.25) is 5.91 Å². The third-order valence-electron chi connectivity index (χ3n) is 4.51. The second-order valence-corrected chi connectivity index (χ2v) is 5.86. The van der Waals surface area contributed by atoms with Crippen LogP contribution in [0.2, 0.25) is 0 Å². The Balaban J connectivity index is 1.96. The number of ketones is 1. The average Bonchev–Trinajstić information content (AvgIpc) is 2.64. The fraction of sp³-hybridized carbons (Fsp3) is 0.211. The molecule has 0 radical (unpaired) electrons. The second kappa shape index (κ2) is 6.39. The largest absolute Gasteiger partial charge is 0.497 e. The number of nitrogens with zero attached hydrogens (tertiary/aromatic N) is 1. The van der Waals surface area contributed by atoms with Gasteiger partial charge in [-0.05, 0) is 23.8 Å². The average molecular weight is 339 g/mol. The highest BCUT2D eigenvalue weighted by Gasteiger charge is 2.50. The number of aromatic carboxylic acids is 1. The minimum absolute atomic E-state index is 0.0555. The van der Waals surface area contributed by atoms with Gasteiger partial charge in [-0.15, -0.1) is 0 Å². The zero-order chi connectivity index (χ0) is 18.1. The number of β-lactam (4-membered cyclic amide) rings is 1. The summed E-state index contributed by atoms with van der Waals surface area (Å²) in [6.07, 6.45) is 0. The Kier molecular flexibility index (Phi) is 4.27. The Morgan fingerprint density at radius 2 is 1.64 bits per heavy atom. The maximum absolute atomic E-state index is 12.9. The number of hydrogen-bond acceptors (Lipinski definition) is 4. The molecule has 0 saturated carbocycles. The van der Waals surface area contributed by atoms with Crippen molar-refractivity contribution in [1.82, 2.24) is 4.90 Å². The molecular weight excluding hydrogens is 322 g/mol. The third kappa shape index (κ3) is 2.76. The quantitative estimate of drug-likeness (QED) is 0.514. The SMILES string of the molecule is COc1ccc([C@H]2[C@@H](C(=O)c3ccccc3C(=O)O)C(=O)N2C)cc1. The van der Waals surface area contributed by atoms with Gasteiger partial charge >= 0.3 is 5.97 Å². The molecule has 0 aromatic heterocycles. The topological polar surface area (TPSA) is 83.9 Å². The lowest BCUT2D eigenvalue weighted by Crippen LogP contribution is -2.56. The molecule has 0 unspecified atom stereocenters. The molecule has 2 aromatic carbocycles. The molecule has 0 bridgehead atoms. The normalized spacial score (nSPS) is 19.3. The minimum Gasteiger partial charge on any atom is -0.497 e. The Hall–Kier alpha value is -3.15. The van der Waals surface area contributed by atoms with Crippen LogP contribution in [-0.2, 0) is 4.79 Å². The van der Waals surface area contributed by atoms with Crippen LogP contribution in [0.1, 0.15) is 32.3 Å². The number of methoxy groups -OCH3 is 1. The summed E-state index contributed by atoms with van der Waals surface area (Å²) in [4.78, 5) is 38.0. The molecule has 1 amide bonds. The van der Waals surface area contributed by atoms with Crippen molar-refractivity contribution in [3.8, 4) is 5.75 Å². The van der Waals surface area contributed by atoms with Crippen molar-refractivity contribution in [3.05, 3.63) is 65.2 Å². The lowest BCUT2D eigenvalue weighted by atomic mass is 9.77. The number of carbonyl (C=O) groups excluding carboxylic acids is 2. The summed E-state index contributed by atoms with van der Waals surface area (Å²) in [7, 11) is 3.19. The zero-order valence-corrected chi connectivity index (χ0v) is 13.8. The van der Waals surface area contributed by atoms with Crippen LogP contribution in [0.4, 0.5) is 0 Å². The van der Waals surface area contributed by atoms with Crippen LogP contribution in [0.3, 0.4) is 0 Å². The van der Waals surface area contributed by atoms with E-state index in [4.69, 9.17) is 4.74 Å². The van der Waals surface area contributed by atoms with Gasteiger partial charge in [-0.2, -0.15) is 0 Å². The van der Waals surface area contributed by atoms with Gasteiger partial charge in [-0.1, -0.05) is 30.3 Å². The first-order valence-corrected chi connectivity index (χ1v) is 7.73. The van der Waals surface area contributed by atoms with Crippen LogP contribution in [0.25, 0.3) is 0 Å². The molecule has 6 heteroatoms. The molecule has 1 fully saturated rings.